The molecule has 1 aromatic rings. The predicted molar refractivity (Wildman–Crippen MR) is 87.4 cm³/mol. The molecular weight excluding hydrogens is 332 g/mol. The van der Waals surface area contributed by atoms with Crippen molar-refractivity contribution in [1.82, 2.24) is 4.90 Å². The molecule has 2 N–H and O–H groups in total. The van der Waals surface area contributed by atoms with Crippen molar-refractivity contribution in [3.8, 4) is 5.75 Å². The molecule has 116 valence electrons. The van der Waals surface area contributed by atoms with Crippen LogP contribution >= 0.6 is 15.9 Å². The number of piperidine rings is 1. The lowest BCUT2D eigenvalue weighted by Gasteiger charge is -2.38. The first kappa shape index (κ1) is 16.3. The number of likely N-dealkylation sites (tertiary alicyclic amines) is 1. The van der Waals surface area contributed by atoms with E-state index in [1.54, 1.807) is 7.11 Å². The van der Waals surface area contributed by atoms with E-state index >= 15 is 0 Å². The zero-order valence-electron chi connectivity index (χ0n) is 12.6. The molecule has 2 unspecified atom stereocenters. The van der Waals surface area contributed by atoms with Crippen LogP contribution in [-0.4, -0.2) is 37.0 Å². The molecule has 0 bridgehead atoms. The van der Waals surface area contributed by atoms with Gasteiger partial charge in [0, 0.05) is 29.2 Å². The molecule has 1 amide bonds. The first-order valence-corrected chi connectivity index (χ1v) is 8.16. The number of carbonyl (C=O) groups excluding carboxylic acids is 1. The number of ether oxygens (including phenoxy) is 1. The maximum atomic E-state index is 12.6. The van der Waals surface area contributed by atoms with Gasteiger partial charge in [-0.25, -0.2) is 0 Å². The van der Waals surface area contributed by atoms with Crippen LogP contribution in [0, 0.1) is 5.92 Å². The quantitative estimate of drug-likeness (QED) is 0.903. The molecule has 1 heterocycles. The van der Waals surface area contributed by atoms with Gasteiger partial charge in [0.05, 0.1) is 13.5 Å². The third-order valence-corrected chi connectivity index (χ3v) is 4.65. The number of benzene rings is 1. The summed E-state index contributed by atoms with van der Waals surface area (Å²) in [7, 11) is 1.63. The maximum absolute atomic E-state index is 12.6. The van der Waals surface area contributed by atoms with Crippen molar-refractivity contribution in [2.45, 2.75) is 32.2 Å². The number of nitrogens with two attached hydrogens (primary N) is 1. The van der Waals surface area contributed by atoms with Gasteiger partial charge in [-0.15, -0.1) is 0 Å². The Morgan fingerprint density at radius 3 is 2.95 bits per heavy atom. The van der Waals surface area contributed by atoms with Gasteiger partial charge in [-0.1, -0.05) is 22.9 Å². The molecule has 0 aliphatic carbocycles. The Balaban J connectivity index is 2.12. The van der Waals surface area contributed by atoms with Gasteiger partial charge in [-0.05, 0) is 37.0 Å². The molecule has 1 fully saturated rings. The van der Waals surface area contributed by atoms with Gasteiger partial charge in [0.25, 0.3) is 0 Å². The summed E-state index contributed by atoms with van der Waals surface area (Å²) in [6.07, 6.45) is 2.41. The lowest BCUT2D eigenvalue weighted by Crippen LogP contribution is -2.49. The summed E-state index contributed by atoms with van der Waals surface area (Å²) in [5.74, 6) is 1.53. The first-order chi connectivity index (χ1) is 10.0. The Morgan fingerprint density at radius 1 is 1.52 bits per heavy atom. The molecule has 2 rings (SSSR count). The van der Waals surface area contributed by atoms with E-state index in [9.17, 15) is 4.79 Å². The van der Waals surface area contributed by atoms with Crippen molar-refractivity contribution in [2.75, 3.05) is 20.2 Å². The Hall–Kier alpha value is -1.07. The van der Waals surface area contributed by atoms with Gasteiger partial charge in [0.2, 0.25) is 5.91 Å². The molecule has 1 aliphatic rings. The van der Waals surface area contributed by atoms with Crippen molar-refractivity contribution in [1.29, 1.82) is 0 Å². The van der Waals surface area contributed by atoms with Gasteiger partial charge < -0.3 is 15.4 Å². The fourth-order valence-corrected chi connectivity index (χ4v) is 3.36. The van der Waals surface area contributed by atoms with Crippen LogP contribution in [0.3, 0.4) is 0 Å². The van der Waals surface area contributed by atoms with Gasteiger partial charge in [0.1, 0.15) is 5.75 Å². The molecule has 0 saturated carbocycles. The van der Waals surface area contributed by atoms with Crippen LogP contribution in [-0.2, 0) is 11.2 Å². The molecule has 5 heteroatoms. The summed E-state index contributed by atoms with van der Waals surface area (Å²) in [5.41, 5.74) is 6.75. The summed E-state index contributed by atoms with van der Waals surface area (Å²) in [5, 5.41) is 0. The largest absolute Gasteiger partial charge is 0.496 e. The van der Waals surface area contributed by atoms with Crippen molar-refractivity contribution in [3.05, 3.63) is 28.2 Å². The highest BCUT2D eigenvalue weighted by atomic mass is 79.9. The van der Waals surface area contributed by atoms with Gasteiger partial charge >= 0.3 is 0 Å². The molecule has 1 aromatic carbocycles. The van der Waals surface area contributed by atoms with Crippen LogP contribution in [0.15, 0.2) is 22.7 Å². The molecular formula is C16H23BrN2O2. The number of hydrogen-bond donors (Lipinski definition) is 1. The van der Waals surface area contributed by atoms with Crippen LogP contribution in [0.4, 0.5) is 0 Å². The molecule has 1 aliphatic heterocycles. The van der Waals surface area contributed by atoms with Crippen LogP contribution in [0.25, 0.3) is 0 Å². The van der Waals surface area contributed by atoms with Crippen molar-refractivity contribution < 1.29 is 9.53 Å². The van der Waals surface area contributed by atoms with E-state index in [4.69, 9.17) is 10.5 Å². The van der Waals surface area contributed by atoms with E-state index < -0.39 is 0 Å². The summed E-state index contributed by atoms with van der Waals surface area (Å²) in [6, 6.07) is 5.91. The molecule has 0 spiro atoms. The minimum atomic E-state index is 0.133. The van der Waals surface area contributed by atoms with Crippen molar-refractivity contribution >= 4 is 21.8 Å². The monoisotopic (exact) mass is 354 g/mol. The van der Waals surface area contributed by atoms with E-state index in [1.807, 2.05) is 23.1 Å². The van der Waals surface area contributed by atoms with Crippen LogP contribution < -0.4 is 10.5 Å². The van der Waals surface area contributed by atoms with E-state index in [-0.39, 0.29) is 11.9 Å². The fourth-order valence-electron chi connectivity index (χ4n) is 2.95. The highest BCUT2D eigenvalue weighted by Crippen LogP contribution is 2.26. The zero-order valence-corrected chi connectivity index (χ0v) is 14.2. The third-order valence-electron chi connectivity index (χ3n) is 4.15. The normalized spacial score (nSPS) is 22.2. The number of carbonyl (C=O) groups is 1. The van der Waals surface area contributed by atoms with Crippen molar-refractivity contribution in [3.63, 3.8) is 0 Å². The van der Waals surface area contributed by atoms with Crippen LogP contribution in [0.5, 0.6) is 5.75 Å². The topological polar surface area (TPSA) is 55.6 Å². The lowest BCUT2D eigenvalue weighted by atomic mass is 9.92. The minimum absolute atomic E-state index is 0.133. The highest BCUT2D eigenvalue weighted by Gasteiger charge is 2.29. The average molecular weight is 355 g/mol. The van der Waals surface area contributed by atoms with Gasteiger partial charge in [-0.3, -0.25) is 4.79 Å². The number of methoxy groups -OCH3 is 1. The molecule has 0 aromatic heterocycles. The van der Waals surface area contributed by atoms with E-state index in [1.165, 1.54) is 0 Å². The minimum Gasteiger partial charge on any atom is -0.496 e. The summed E-state index contributed by atoms with van der Waals surface area (Å²) in [6.45, 7) is 3.56. The average Bonchev–Trinajstić information content (AvgIpc) is 2.47. The number of hydrogen-bond acceptors (Lipinski definition) is 3. The summed E-state index contributed by atoms with van der Waals surface area (Å²) < 4.78 is 6.30. The maximum Gasteiger partial charge on any atom is 0.227 e. The fraction of sp³-hybridized carbons (Fsp3) is 0.562. The number of amides is 1. The van der Waals surface area contributed by atoms with Gasteiger partial charge in [0.15, 0.2) is 0 Å². The first-order valence-electron chi connectivity index (χ1n) is 7.37. The molecule has 0 radical (unpaired) electrons. The smallest absolute Gasteiger partial charge is 0.227 e. The predicted octanol–water partition coefficient (Wildman–Crippen LogP) is 2.59. The number of halogens is 1. The number of nitrogens with zero attached hydrogens (tertiary/aromatic N) is 1. The zero-order chi connectivity index (χ0) is 15.4. The van der Waals surface area contributed by atoms with E-state index in [0.29, 0.717) is 18.9 Å². The van der Waals surface area contributed by atoms with E-state index in [2.05, 4.69) is 22.9 Å². The Labute approximate surface area is 134 Å². The van der Waals surface area contributed by atoms with Gasteiger partial charge in [-0.2, -0.15) is 0 Å². The Bertz CT molecular complexity index is 507. The molecule has 1 saturated heterocycles. The Kier molecular flexibility index (Phi) is 5.65. The van der Waals surface area contributed by atoms with Crippen LogP contribution in [0.2, 0.25) is 0 Å². The molecule has 21 heavy (non-hydrogen) atoms. The second-order valence-electron chi connectivity index (χ2n) is 5.74. The molecule has 2 atom stereocenters. The third kappa shape index (κ3) is 3.98. The second-order valence-corrected chi connectivity index (χ2v) is 6.65. The highest BCUT2D eigenvalue weighted by molar-refractivity contribution is 9.10. The molecule has 4 nitrogen and oxygen atoms in total. The summed E-state index contributed by atoms with van der Waals surface area (Å²) in [4.78, 5) is 14.6. The summed E-state index contributed by atoms with van der Waals surface area (Å²) >= 11 is 3.44. The Morgan fingerprint density at radius 2 is 2.29 bits per heavy atom. The SMILES string of the molecule is COc1ccc(Br)cc1CC(=O)N1CCC(C)CC1CN. The number of rotatable bonds is 4. The second kappa shape index (κ2) is 7.27. The van der Waals surface area contributed by atoms with Crippen LogP contribution in [0.1, 0.15) is 25.3 Å². The standard InChI is InChI=1S/C16H23BrN2O2/c1-11-5-6-19(14(7-11)10-18)16(20)9-12-8-13(17)3-4-15(12)21-2/h3-4,8,11,14H,5-7,9-10,18H2,1-2H3. The van der Waals surface area contributed by atoms with Crippen molar-refractivity contribution in [2.24, 2.45) is 11.7 Å². The lowest BCUT2D eigenvalue weighted by molar-refractivity contribution is -0.134. The van der Waals surface area contributed by atoms with E-state index in [0.717, 1.165) is 35.2 Å².